The van der Waals surface area contributed by atoms with Gasteiger partial charge in [0, 0.05) is 11.3 Å². The highest BCUT2D eigenvalue weighted by molar-refractivity contribution is 8.01. The van der Waals surface area contributed by atoms with E-state index in [9.17, 15) is 14.0 Å². The van der Waals surface area contributed by atoms with Crippen LogP contribution < -0.4 is 10.6 Å². The van der Waals surface area contributed by atoms with Gasteiger partial charge < -0.3 is 5.32 Å². The van der Waals surface area contributed by atoms with E-state index in [2.05, 4.69) is 20.8 Å². The van der Waals surface area contributed by atoms with Gasteiger partial charge in [-0.15, -0.1) is 10.2 Å². The third kappa shape index (κ3) is 5.00. The molecule has 150 valence electrons. The minimum absolute atomic E-state index is 0.116. The summed E-state index contributed by atoms with van der Waals surface area (Å²) < 4.78 is 13.5. The number of carbonyl (C=O) groups excluding carboxylic acids is 2. The Hall–Kier alpha value is -3.30. The highest BCUT2D eigenvalue weighted by Crippen LogP contribution is 2.26. The topological polar surface area (TPSA) is 84.0 Å². The first-order valence-electron chi connectivity index (χ1n) is 8.89. The molecule has 0 saturated heterocycles. The van der Waals surface area contributed by atoms with Crippen molar-refractivity contribution in [3.63, 3.8) is 0 Å². The number of thioether (sulfide) groups is 1. The maximum absolute atomic E-state index is 12.9. The number of amides is 2. The molecular formula is C21H15FN4O2S2. The fraction of sp³-hybridized carbons (Fsp3) is 0.0476. The number of anilines is 2. The highest BCUT2D eigenvalue weighted by Gasteiger charge is 2.12. The highest BCUT2D eigenvalue weighted by atomic mass is 32.2. The number of aromatic nitrogens is 2. The van der Waals surface area contributed by atoms with E-state index in [0.717, 1.165) is 10.8 Å². The molecule has 0 spiro atoms. The van der Waals surface area contributed by atoms with Gasteiger partial charge in [-0.25, -0.2) is 4.39 Å². The summed E-state index contributed by atoms with van der Waals surface area (Å²) >= 11 is 2.39. The number of nitrogens with zero attached hydrogens (tertiary/aromatic N) is 2. The lowest BCUT2D eigenvalue weighted by Gasteiger charge is -2.04. The predicted octanol–water partition coefficient (Wildman–Crippen LogP) is 4.81. The number of halogens is 1. The van der Waals surface area contributed by atoms with Gasteiger partial charge >= 0.3 is 0 Å². The molecule has 0 fully saturated rings. The van der Waals surface area contributed by atoms with Crippen LogP contribution in [0.1, 0.15) is 10.4 Å². The zero-order valence-corrected chi connectivity index (χ0v) is 17.1. The summed E-state index contributed by atoms with van der Waals surface area (Å²) in [5.74, 6) is -0.773. The third-order valence-corrected chi connectivity index (χ3v) is 6.07. The van der Waals surface area contributed by atoms with E-state index in [-0.39, 0.29) is 23.4 Å². The average molecular weight is 439 g/mol. The fourth-order valence-electron chi connectivity index (χ4n) is 2.68. The molecule has 9 heteroatoms. The molecule has 0 bridgehead atoms. The van der Waals surface area contributed by atoms with E-state index in [1.165, 1.54) is 47.4 Å². The number of hydrogen-bond donors (Lipinski definition) is 2. The molecule has 6 nitrogen and oxygen atoms in total. The van der Waals surface area contributed by atoms with Crippen molar-refractivity contribution >= 4 is 56.5 Å². The molecule has 4 aromatic rings. The standard InChI is InChI=1S/C21H15FN4O2S2/c22-16-7-9-17(10-8-16)23-18(27)12-29-21-26-25-20(30-21)24-19(28)15-6-5-13-3-1-2-4-14(13)11-15/h1-11H,12H2,(H,23,27)(H,24,25,28). The van der Waals surface area contributed by atoms with Gasteiger partial charge in [-0.05, 0) is 47.2 Å². The zero-order chi connectivity index (χ0) is 20.9. The molecule has 0 aliphatic heterocycles. The van der Waals surface area contributed by atoms with Crippen LogP contribution in [0.5, 0.6) is 0 Å². The van der Waals surface area contributed by atoms with E-state index >= 15 is 0 Å². The average Bonchev–Trinajstić information content (AvgIpc) is 3.21. The second-order valence-electron chi connectivity index (χ2n) is 6.23. The van der Waals surface area contributed by atoms with Crippen LogP contribution in [0, 0.1) is 5.82 Å². The lowest BCUT2D eigenvalue weighted by molar-refractivity contribution is -0.113. The van der Waals surface area contributed by atoms with Crippen LogP contribution in [0.2, 0.25) is 0 Å². The van der Waals surface area contributed by atoms with Crippen molar-refractivity contribution in [2.24, 2.45) is 0 Å². The molecule has 30 heavy (non-hydrogen) atoms. The van der Waals surface area contributed by atoms with Crippen LogP contribution in [0.15, 0.2) is 71.1 Å². The van der Waals surface area contributed by atoms with Gasteiger partial charge in [0.1, 0.15) is 5.82 Å². The molecule has 0 saturated carbocycles. The van der Waals surface area contributed by atoms with Crippen molar-refractivity contribution in [3.8, 4) is 0 Å². The van der Waals surface area contributed by atoms with Crippen LogP contribution in [0.25, 0.3) is 10.8 Å². The van der Waals surface area contributed by atoms with Gasteiger partial charge in [-0.3, -0.25) is 14.9 Å². The summed E-state index contributed by atoms with van der Waals surface area (Å²) in [6, 6.07) is 18.8. The number of hydrogen-bond acceptors (Lipinski definition) is 6. The van der Waals surface area contributed by atoms with Gasteiger partial charge in [-0.1, -0.05) is 53.4 Å². The van der Waals surface area contributed by atoms with Crippen molar-refractivity contribution in [3.05, 3.63) is 78.1 Å². The lowest BCUT2D eigenvalue weighted by Crippen LogP contribution is -2.13. The Morgan fingerprint density at radius 2 is 1.70 bits per heavy atom. The minimum atomic E-state index is -0.366. The van der Waals surface area contributed by atoms with E-state index < -0.39 is 0 Å². The van der Waals surface area contributed by atoms with Crippen LogP contribution in [0.3, 0.4) is 0 Å². The Labute approximate surface area is 179 Å². The van der Waals surface area contributed by atoms with Gasteiger partial charge in [0.2, 0.25) is 11.0 Å². The number of fused-ring (bicyclic) bond motifs is 1. The summed E-state index contributed by atoms with van der Waals surface area (Å²) in [6.45, 7) is 0. The van der Waals surface area contributed by atoms with Crippen molar-refractivity contribution in [1.29, 1.82) is 0 Å². The van der Waals surface area contributed by atoms with E-state index in [1.807, 2.05) is 36.4 Å². The van der Waals surface area contributed by atoms with E-state index in [4.69, 9.17) is 0 Å². The molecule has 4 rings (SSSR count). The number of nitrogens with one attached hydrogen (secondary N) is 2. The lowest BCUT2D eigenvalue weighted by atomic mass is 10.1. The zero-order valence-electron chi connectivity index (χ0n) is 15.5. The number of benzene rings is 3. The van der Waals surface area contributed by atoms with E-state index in [1.54, 1.807) is 6.07 Å². The van der Waals surface area contributed by atoms with Gasteiger partial charge in [0.05, 0.1) is 5.75 Å². The normalized spacial score (nSPS) is 10.7. The Balaban J connectivity index is 1.32. The predicted molar refractivity (Wildman–Crippen MR) is 118 cm³/mol. The van der Waals surface area contributed by atoms with Gasteiger partial charge in [0.25, 0.3) is 5.91 Å². The van der Waals surface area contributed by atoms with Crippen LogP contribution in [0.4, 0.5) is 15.2 Å². The second-order valence-corrected chi connectivity index (χ2v) is 8.43. The van der Waals surface area contributed by atoms with Crippen LogP contribution in [-0.4, -0.2) is 27.8 Å². The Morgan fingerprint density at radius 1 is 0.933 bits per heavy atom. The second kappa shape index (κ2) is 9.02. The first kappa shape index (κ1) is 20.0. The largest absolute Gasteiger partial charge is 0.325 e. The summed E-state index contributed by atoms with van der Waals surface area (Å²) in [6.07, 6.45) is 0. The summed E-state index contributed by atoms with van der Waals surface area (Å²) in [4.78, 5) is 24.5. The molecular weight excluding hydrogens is 423 g/mol. The van der Waals surface area contributed by atoms with Crippen LogP contribution in [-0.2, 0) is 4.79 Å². The smallest absolute Gasteiger partial charge is 0.257 e. The van der Waals surface area contributed by atoms with Crippen molar-refractivity contribution in [2.45, 2.75) is 4.34 Å². The molecule has 1 heterocycles. The summed E-state index contributed by atoms with van der Waals surface area (Å²) in [5.41, 5.74) is 1.04. The van der Waals surface area contributed by atoms with E-state index in [0.29, 0.717) is 20.7 Å². The van der Waals surface area contributed by atoms with Crippen molar-refractivity contribution < 1.29 is 14.0 Å². The number of carbonyl (C=O) groups is 2. The molecule has 0 aliphatic rings. The van der Waals surface area contributed by atoms with Crippen molar-refractivity contribution in [2.75, 3.05) is 16.4 Å². The molecule has 2 N–H and O–H groups in total. The van der Waals surface area contributed by atoms with Gasteiger partial charge in [0.15, 0.2) is 4.34 Å². The molecule has 0 unspecified atom stereocenters. The van der Waals surface area contributed by atoms with Crippen molar-refractivity contribution in [1.82, 2.24) is 10.2 Å². The molecule has 3 aromatic carbocycles. The number of rotatable bonds is 6. The van der Waals surface area contributed by atoms with Gasteiger partial charge in [-0.2, -0.15) is 0 Å². The maximum Gasteiger partial charge on any atom is 0.257 e. The molecule has 0 aliphatic carbocycles. The Kier molecular flexibility index (Phi) is 6.01. The first-order chi connectivity index (χ1) is 14.6. The summed E-state index contributed by atoms with van der Waals surface area (Å²) in [5, 5.41) is 15.7. The monoisotopic (exact) mass is 438 g/mol. The molecule has 0 atom stereocenters. The molecule has 0 radical (unpaired) electrons. The minimum Gasteiger partial charge on any atom is -0.325 e. The maximum atomic E-state index is 12.9. The Bertz CT molecular complexity index is 1210. The molecule has 1 aromatic heterocycles. The summed E-state index contributed by atoms with van der Waals surface area (Å²) in [7, 11) is 0. The molecule has 2 amide bonds. The first-order valence-corrected chi connectivity index (χ1v) is 10.7. The SMILES string of the molecule is O=C(CSc1nnc(NC(=O)c2ccc3ccccc3c2)s1)Nc1ccc(F)cc1. The fourth-order valence-corrected chi connectivity index (χ4v) is 4.22. The quantitative estimate of drug-likeness (QED) is 0.333. The van der Waals surface area contributed by atoms with Crippen LogP contribution >= 0.6 is 23.1 Å². The third-order valence-electron chi connectivity index (χ3n) is 4.09. The Morgan fingerprint density at radius 3 is 2.50 bits per heavy atom.